The molecule has 0 aromatic heterocycles. The lowest BCUT2D eigenvalue weighted by Crippen LogP contribution is -2.12. The van der Waals surface area contributed by atoms with Crippen molar-refractivity contribution in [1.82, 2.24) is 0 Å². The first-order valence-corrected chi connectivity index (χ1v) is 7.90. The molecule has 0 radical (unpaired) electrons. The van der Waals surface area contributed by atoms with Crippen molar-refractivity contribution < 1.29 is 19.2 Å². The summed E-state index contributed by atoms with van der Waals surface area (Å²) in [7, 11) is 1.46. The lowest BCUT2D eigenvalue weighted by atomic mass is 10.1. The van der Waals surface area contributed by atoms with E-state index in [1.54, 1.807) is 0 Å². The van der Waals surface area contributed by atoms with Gasteiger partial charge in [0.1, 0.15) is 0 Å². The maximum absolute atomic E-state index is 12.4. The summed E-state index contributed by atoms with van der Waals surface area (Å²) in [5.41, 5.74) is 0.654. The van der Waals surface area contributed by atoms with Gasteiger partial charge in [-0.05, 0) is 30.7 Å². The quantitative estimate of drug-likeness (QED) is 0.584. The number of nitrogens with zero attached hydrogens (tertiary/aromatic N) is 1. The summed E-state index contributed by atoms with van der Waals surface area (Å²) in [5.74, 6) is 0.323. The van der Waals surface area contributed by atoms with Gasteiger partial charge in [0.15, 0.2) is 11.5 Å². The first-order chi connectivity index (χ1) is 12.0. The molecule has 7 nitrogen and oxygen atoms in total. The first-order valence-electron chi connectivity index (χ1n) is 7.52. The van der Waals surface area contributed by atoms with Crippen molar-refractivity contribution >= 4 is 28.9 Å². The van der Waals surface area contributed by atoms with Gasteiger partial charge in [0.05, 0.1) is 23.7 Å². The molecule has 2 rings (SSSR count). The molecule has 0 atom stereocenters. The van der Waals surface area contributed by atoms with E-state index in [2.05, 4.69) is 5.32 Å². The lowest BCUT2D eigenvalue weighted by Gasteiger charge is -2.13. The second kappa shape index (κ2) is 8.34. The van der Waals surface area contributed by atoms with Crippen LogP contribution in [0.5, 0.6) is 11.5 Å². The van der Waals surface area contributed by atoms with Gasteiger partial charge in [-0.2, -0.15) is 0 Å². The highest BCUT2D eigenvalue weighted by molar-refractivity contribution is 6.32. The van der Waals surface area contributed by atoms with Crippen LogP contribution in [0.15, 0.2) is 36.4 Å². The molecule has 25 heavy (non-hydrogen) atoms. The number of hydrogen-bond donors (Lipinski definition) is 1. The Morgan fingerprint density at radius 3 is 2.52 bits per heavy atom. The molecule has 0 fully saturated rings. The zero-order chi connectivity index (χ0) is 18.4. The number of nitrogens with one attached hydrogen (secondary N) is 1. The zero-order valence-electron chi connectivity index (χ0n) is 13.7. The van der Waals surface area contributed by atoms with E-state index in [9.17, 15) is 14.9 Å². The van der Waals surface area contributed by atoms with Crippen LogP contribution in [0.25, 0.3) is 0 Å². The maximum atomic E-state index is 12.4. The van der Waals surface area contributed by atoms with Crippen LogP contribution in [-0.2, 0) is 0 Å². The average Bonchev–Trinajstić information content (AvgIpc) is 2.60. The number of anilines is 1. The number of ether oxygens (including phenoxy) is 2. The number of halogens is 1. The third kappa shape index (κ3) is 4.60. The van der Waals surface area contributed by atoms with Crippen LogP contribution in [0.1, 0.15) is 23.7 Å². The van der Waals surface area contributed by atoms with Gasteiger partial charge in [-0.3, -0.25) is 14.9 Å². The molecule has 0 spiro atoms. The fraction of sp³-hybridized carbons (Fsp3) is 0.235. The third-order valence-electron chi connectivity index (χ3n) is 3.28. The van der Waals surface area contributed by atoms with Crippen LogP contribution in [0.3, 0.4) is 0 Å². The van der Waals surface area contributed by atoms with E-state index in [0.29, 0.717) is 23.8 Å². The summed E-state index contributed by atoms with van der Waals surface area (Å²) in [6, 6.07) is 8.53. The molecule has 0 saturated carbocycles. The van der Waals surface area contributed by atoms with Crippen molar-refractivity contribution in [3.63, 3.8) is 0 Å². The highest BCUT2D eigenvalue weighted by Gasteiger charge is 2.16. The van der Waals surface area contributed by atoms with Crippen LogP contribution in [-0.4, -0.2) is 24.5 Å². The maximum Gasteiger partial charge on any atom is 0.269 e. The van der Waals surface area contributed by atoms with E-state index in [1.807, 2.05) is 6.92 Å². The van der Waals surface area contributed by atoms with Crippen LogP contribution >= 0.6 is 11.6 Å². The van der Waals surface area contributed by atoms with Gasteiger partial charge < -0.3 is 14.8 Å². The minimum absolute atomic E-state index is 0.0554. The predicted octanol–water partition coefficient (Wildman–Crippen LogP) is 4.30. The highest BCUT2D eigenvalue weighted by atomic mass is 35.5. The van der Waals surface area contributed by atoms with Gasteiger partial charge in [-0.15, -0.1) is 0 Å². The Kier molecular flexibility index (Phi) is 6.19. The fourth-order valence-electron chi connectivity index (χ4n) is 2.06. The number of benzene rings is 2. The predicted molar refractivity (Wildman–Crippen MR) is 94.8 cm³/mol. The zero-order valence-corrected chi connectivity index (χ0v) is 14.5. The van der Waals surface area contributed by atoms with Crippen molar-refractivity contribution in [2.75, 3.05) is 19.0 Å². The van der Waals surface area contributed by atoms with Crippen molar-refractivity contribution in [3.8, 4) is 11.5 Å². The van der Waals surface area contributed by atoms with Crippen LogP contribution < -0.4 is 14.8 Å². The summed E-state index contributed by atoms with van der Waals surface area (Å²) in [5, 5.41) is 13.6. The van der Waals surface area contributed by atoms with Crippen molar-refractivity contribution in [2.24, 2.45) is 0 Å². The number of methoxy groups -OCH3 is 1. The molecule has 132 valence electrons. The normalized spacial score (nSPS) is 10.2. The molecule has 0 heterocycles. The van der Waals surface area contributed by atoms with Gasteiger partial charge >= 0.3 is 0 Å². The third-order valence-corrected chi connectivity index (χ3v) is 3.56. The standard InChI is InChI=1S/C17H17ClN2O5/c1-3-8-25-16-14(18)9-11(10-15(16)24-2)17(21)19-12-4-6-13(7-5-12)20(22)23/h4-7,9-10H,3,8H2,1-2H3,(H,19,21). The molecule has 2 aromatic carbocycles. The lowest BCUT2D eigenvalue weighted by molar-refractivity contribution is -0.384. The summed E-state index contributed by atoms with van der Waals surface area (Å²) in [4.78, 5) is 22.5. The van der Waals surface area contributed by atoms with Crippen molar-refractivity contribution in [1.29, 1.82) is 0 Å². The summed E-state index contributed by atoms with van der Waals surface area (Å²) in [6.07, 6.45) is 0.807. The van der Waals surface area contributed by atoms with Gasteiger partial charge in [0, 0.05) is 23.4 Å². The van der Waals surface area contributed by atoms with Gasteiger partial charge in [-0.1, -0.05) is 18.5 Å². The molecule has 8 heteroatoms. The molecular formula is C17H17ClN2O5. The smallest absolute Gasteiger partial charge is 0.269 e. The first kappa shape index (κ1) is 18.5. The molecule has 1 amide bonds. The molecule has 0 saturated heterocycles. The molecule has 0 aliphatic heterocycles. The Morgan fingerprint density at radius 1 is 1.28 bits per heavy atom. The monoisotopic (exact) mass is 364 g/mol. The number of carbonyl (C=O) groups is 1. The van der Waals surface area contributed by atoms with Gasteiger partial charge in [0.2, 0.25) is 0 Å². The number of carbonyl (C=O) groups excluding carboxylic acids is 1. The van der Waals surface area contributed by atoms with Crippen LogP contribution in [0, 0.1) is 10.1 Å². The largest absolute Gasteiger partial charge is 0.493 e. The minimum atomic E-state index is -0.509. The second-order valence-corrected chi connectivity index (χ2v) is 5.50. The van der Waals surface area contributed by atoms with Gasteiger partial charge in [-0.25, -0.2) is 0 Å². The molecule has 0 bridgehead atoms. The summed E-state index contributed by atoms with van der Waals surface area (Å²) in [6.45, 7) is 2.44. The average molecular weight is 365 g/mol. The number of amides is 1. The topological polar surface area (TPSA) is 90.7 Å². The second-order valence-electron chi connectivity index (χ2n) is 5.10. The Morgan fingerprint density at radius 2 is 1.96 bits per heavy atom. The van der Waals surface area contributed by atoms with Gasteiger partial charge in [0.25, 0.3) is 11.6 Å². The molecule has 0 aliphatic carbocycles. The van der Waals surface area contributed by atoms with Crippen LogP contribution in [0.4, 0.5) is 11.4 Å². The molecule has 0 unspecified atom stereocenters. The molecule has 2 aromatic rings. The number of nitro groups is 1. The van der Waals surface area contributed by atoms with E-state index in [1.165, 1.54) is 43.5 Å². The highest BCUT2D eigenvalue weighted by Crippen LogP contribution is 2.36. The number of nitro benzene ring substituents is 1. The fourth-order valence-corrected chi connectivity index (χ4v) is 2.33. The van der Waals surface area contributed by atoms with E-state index in [0.717, 1.165) is 6.42 Å². The van der Waals surface area contributed by atoms with Crippen molar-refractivity contribution in [2.45, 2.75) is 13.3 Å². The Bertz CT molecular complexity index is 777. The van der Waals surface area contributed by atoms with E-state index in [-0.39, 0.29) is 16.3 Å². The summed E-state index contributed by atoms with van der Waals surface area (Å²) < 4.78 is 10.8. The SMILES string of the molecule is CCCOc1c(Cl)cc(C(=O)Nc2ccc([N+](=O)[O-])cc2)cc1OC. The number of hydrogen-bond acceptors (Lipinski definition) is 5. The minimum Gasteiger partial charge on any atom is -0.493 e. The van der Waals surface area contributed by atoms with E-state index < -0.39 is 10.8 Å². The Hall–Kier alpha value is -2.80. The Balaban J connectivity index is 2.21. The van der Waals surface area contributed by atoms with E-state index >= 15 is 0 Å². The number of non-ortho nitro benzene ring substituents is 1. The number of rotatable bonds is 7. The molecule has 1 N–H and O–H groups in total. The molecule has 0 aliphatic rings. The summed E-state index contributed by atoms with van der Waals surface area (Å²) >= 11 is 6.19. The van der Waals surface area contributed by atoms with Crippen molar-refractivity contribution in [3.05, 3.63) is 57.1 Å². The molecular weight excluding hydrogens is 348 g/mol. The van der Waals surface area contributed by atoms with E-state index in [4.69, 9.17) is 21.1 Å². The van der Waals surface area contributed by atoms with Crippen LogP contribution in [0.2, 0.25) is 5.02 Å². The Labute approximate surface area is 149 Å².